The van der Waals surface area contributed by atoms with Crippen LogP contribution in [-0.2, 0) is 0 Å². The summed E-state index contributed by atoms with van der Waals surface area (Å²) in [4.78, 5) is 0. The van der Waals surface area contributed by atoms with E-state index in [2.05, 4.69) is 0 Å². The molecule has 0 radical (unpaired) electrons. The fourth-order valence-electron chi connectivity index (χ4n) is 1.77. The molecule has 2 aromatic carbocycles. The van der Waals surface area contributed by atoms with Crippen LogP contribution in [0.25, 0.3) is 0 Å². The predicted octanol–water partition coefficient (Wildman–Crippen LogP) is 2.50. The van der Waals surface area contributed by atoms with Crippen molar-refractivity contribution in [3.8, 4) is 5.75 Å². The fourth-order valence-corrected chi connectivity index (χ4v) is 1.77. The normalized spacial score (nSPS) is 12.2. The molecule has 0 spiro atoms. The van der Waals surface area contributed by atoms with Crippen LogP contribution >= 0.6 is 0 Å². The van der Waals surface area contributed by atoms with Crippen LogP contribution in [0.15, 0.2) is 42.5 Å². The molecule has 1 atom stereocenters. The van der Waals surface area contributed by atoms with Gasteiger partial charge in [-0.25, -0.2) is 4.39 Å². The molecular weight excluding hydrogens is 233 g/mol. The van der Waals surface area contributed by atoms with Crippen LogP contribution in [0.1, 0.15) is 17.2 Å². The van der Waals surface area contributed by atoms with E-state index in [1.54, 1.807) is 30.3 Å². The average molecular weight is 247 g/mol. The fraction of sp³-hybridized carbons (Fsp3) is 0.143. The third kappa shape index (κ3) is 2.43. The number of hydrogen-bond donors (Lipinski definition) is 2. The van der Waals surface area contributed by atoms with Crippen molar-refractivity contribution in [1.29, 1.82) is 0 Å². The lowest BCUT2D eigenvalue weighted by molar-refractivity contribution is 0.220. The minimum absolute atomic E-state index is 0.395. The number of aliphatic hydroxyl groups excluding tert-OH is 1. The zero-order valence-electron chi connectivity index (χ0n) is 9.93. The average Bonchev–Trinajstić information content (AvgIpc) is 2.38. The van der Waals surface area contributed by atoms with Crippen molar-refractivity contribution in [3.63, 3.8) is 0 Å². The third-order valence-electron chi connectivity index (χ3n) is 2.75. The molecule has 0 saturated carbocycles. The number of methoxy groups -OCH3 is 1. The molecule has 0 amide bonds. The summed E-state index contributed by atoms with van der Waals surface area (Å²) in [5, 5.41) is 10.2. The highest BCUT2D eigenvalue weighted by Gasteiger charge is 2.15. The van der Waals surface area contributed by atoms with Gasteiger partial charge in [-0.15, -0.1) is 0 Å². The number of rotatable bonds is 3. The Kier molecular flexibility index (Phi) is 3.48. The second-order valence-corrected chi connectivity index (χ2v) is 3.95. The van der Waals surface area contributed by atoms with E-state index in [1.807, 2.05) is 0 Å². The molecule has 0 aliphatic rings. The molecule has 0 aliphatic heterocycles. The van der Waals surface area contributed by atoms with E-state index in [0.29, 0.717) is 22.6 Å². The first-order valence-corrected chi connectivity index (χ1v) is 5.48. The minimum atomic E-state index is -0.976. The number of benzene rings is 2. The first-order chi connectivity index (χ1) is 8.61. The SMILES string of the molecule is COc1ccc(N)c(C(O)c2cccc(F)c2)c1. The van der Waals surface area contributed by atoms with E-state index in [0.717, 1.165) is 0 Å². The van der Waals surface area contributed by atoms with E-state index in [9.17, 15) is 9.50 Å². The van der Waals surface area contributed by atoms with Crippen LogP contribution in [0.2, 0.25) is 0 Å². The Morgan fingerprint density at radius 2 is 2.00 bits per heavy atom. The van der Waals surface area contributed by atoms with Gasteiger partial charge in [-0.3, -0.25) is 0 Å². The Labute approximate surface area is 105 Å². The van der Waals surface area contributed by atoms with Crippen LogP contribution in [0.3, 0.4) is 0 Å². The van der Waals surface area contributed by atoms with Gasteiger partial charge in [0.05, 0.1) is 7.11 Å². The lowest BCUT2D eigenvalue weighted by atomic mass is 10.00. The summed E-state index contributed by atoms with van der Waals surface area (Å²) in [5.74, 6) is 0.197. The maximum absolute atomic E-state index is 13.1. The van der Waals surface area contributed by atoms with Gasteiger partial charge in [0.25, 0.3) is 0 Å². The van der Waals surface area contributed by atoms with Gasteiger partial charge >= 0.3 is 0 Å². The van der Waals surface area contributed by atoms with Crippen LogP contribution in [0.4, 0.5) is 10.1 Å². The van der Waals surface area contributed by atoms with Crippen LogP contribution < -0.4 is 10.5 Å². The van der Waals surface area contributed by atoms with Gasteiger partial charge in [-0.1, -0.05) is 12.1 Å². The predicted molar refractivity (Wildman–Crippen MR) is 67.9 cm³/mol. The number of nitrogens with two attached hydrogens (primary N) is 1. The molecule has 4 heteroatoms. The van der Waals surface area contributed by atoms with Gasteiger partial charge in [-0.05, 0) is 35.9 Å². The van der Waals surface area contributed by atoms with Gasteiger partial charge in [0.2, 0.25) is 0 Å². The Hall–Kier alpha value is -2.07. The highest BCUT2D eigenvalue weighted by molar-refractivity contribution is 5.53. The van der Waals surface area contributed by atoms with Crippen molar-refractivity contribution < 1.29 is 14.2 Å². The number of nitrogen functional groups attached to an aromatic ring is 1. The molecule has 0 bridgehead atoms. The molecule has 0 aliphatic carbocycles. The van der Waals surface area contributed by atoms with Gasteiger partial charge in [0, 0.05) is 11.3 Å². The zero-order chi connectivity index (χ0) is 13.1. The monoisotopic (exact) mass is 247 g/mol. The van der Waals surface area contributed by atoms with E-state index >= 15 is 0 Å². The van der Waals surface area contributed by atoms with Crippen molar-refractivity contribution >= 4 is 5.69 Å². The second-order valence-electron chi connectivity index (χ2n) is 3.95. The Balaban J connectivity index is 2.41. The van der Waals surface area contributed by atoms with E-state index in [1.165, 1.54) is 19.2 Å². The Morgan fingerprint density at radius 1 is 1.22 bits per heavy atom. The molecule has 0 saturated heterocycles. The quantitative estimate of drug-likeness (QED) is 0.819. The summed E-state index contributed by atoms with van der Waals surface area (Å²) in [6, 6.07) is 10.8. The van der Waals surface area contributed by atoms with E-state index in [4.69, 9.17) is 10.5 Å². The molecule has 0 aromatic heterocycles. The molecule has 0 fully saturated rings. The molecule has 18 heavy (non-hydrogen) atoms. The summed E-state index contributed by atoms with van der Waals surface area (Å²) in [7, 11) is 1.53. The van der Waals surface area contributed by atoms with Crippen molar-refractivity contribution in [2.75, 3.05) is 12.8 Å². The maximum atomic E-state index is 13.1. The topological polar surface area (TPSA) is 55.5 Å². The lowest BCUT2D eigenvalue weighted by Gasteiger charge is -2.15. The zero-order valence-corrected chi connectivity index (χ0v) is 9.93. The summed E-state index contributed by atoms with van der Waals surface area (Å²) < 4.78 is 18.2. The number of halogens is 1. The number of ether oxygens (including phenoxy) is 1. The molecule has 0 heterocycles. The first kappa shape index (κ1) is 12.4. The second kappa shape index (κ2) is 5.06. The number of aliphatic hydroxyl groups is 1. The van der Waals surface area contributed by atoms with Crippen molar-refractivity contribution in [1.82, 2.24) is 0 Å². The summed E-state index contributed by atoms with van der Waals surface area (Å²) in [6.45, 7) is 0. The molecule has 94 valence electrons. The Morgan fingerprint density at radius 3 is 2.67 bits per heavy atom. The smallest absolute Gasteiger partial charge is 0.123 e. The van der Waals surface area contributed by atoms with Gasteiger partial charge < -0.3 is 15.6 Å². The van der Waals surface area contributed by atoms with Crippen molar-refractivity contribution in [2.45, 2.75) is 6.10 Å². The molecule has 1 unspecified atom stereocenters. The molecule has 2 rings (SSSR count). The molecule has 2 aromatic rings. The standard InChI is InChI=1S/C14H14FNO2/c1-18-11-5-6-13(16)12(8-11)14(17)9-3-2-4-10(15)7-9/h2-8,14,17H,16H2,1H3. The summed E-state index contributed by atoms with van der Waals surface area (Å²) >= 11 is 0. The van der Waals surface area contributed by atoms with Crippen LogP contribution in [0, 0.1) is 5.82 Å². The highest BCUT2D eigenvalue weighted by Crippen LogP contribution is 2.30. The van der Waals surface area contributed by atoms with Gasteiger partial charge in [-0.2, -0.15) is 0 Å². The number of anilines is 1. The minimum Gasteiger partial charge on any atom is -0.497 e. The highest BCUT2D eigenvalue weighted by atomic mass is 19.1. The van der Waals surface area contributed by atoms with E-state index in [-0.39, 0.29) is 0 Å². The first-order valence-electron chi connectivity index (χ1n) is 5.48. The maximum Gasteiger partial charge on any atom is 0.123 e. The van der Waals surface area contributed by atoms with Gasteiger partial charge in [0.1, 0.15) is 17.7 Å². The van der Waals surface area contributed by atoms with Gasteiger partial charge in [0.15, 0.2) is 0 Å². The summed E-state index contributed by atoms with van der Waals surface area (Å²) in [5.41, 5.74) is 7.20. The molecule has 3 N–H and O–H groups in total. The van der Waals surface area contributed by atoms with Crippen LogP contribution in [0.5, 0.6) is 5.75 Å². The molecule has 3 nitrogen and oxygen atoms in total. The lowest BCUT2D eigenvalue weighted by Crippen LogP contribution is -2.04. The van der Waals surface area contributed by atoms with E-state index < -0.39 is 11.9 Å². The molecular formula is C14H14FNO2. The van der Waals surface area contributed by atoms with Crippen LogP contribution in [-0.4, -0.2) is 12.2 Å². The Bertz CT molecular complexity index is 557. The van der Waals surface area contributed by atoms with Crippen molar-refractivity contribution in [2.24, 2.45) is 0 Å². The number of hydrogen-bond acceptors (Lipinski definition) is 3. The largest absolute Gasteiger partial charge is 0.497 e. The third-order valence-corrected chi connectivity index (χ3v) is 2.75. The summed E-state index contributed by atoms with van der Waals surface area (Å²) in [6.07, 6.45) is -0.976. The van der Waals surface area contributed by atoms with Crippen molar-refractivity contribution in [3.05, 3.63) is 59.4 Å².